The monoisotopic (exact) mass is 223 g/mol. The minimum Gasteiger partial charge on any atom is -0.490 e. The summed E-state index contributed by atoms with van der Waals surface area (Å²) in [5.41, 5.74) is 7.11. The molecule has 0 bridgehead atoms. The van der Waals surface area contributed by atoms with Gasteiger partial charge in [0.15, 0.2) is 0 Å². The smallest absolute Gasteiger partial charge is 0.124 e. The van der Waals surface area contributed by atoms with Crippen molar-refractivity contribution in [3.8, 4) is 5.75 Å². The molecule has 0 aliphatic carbocycles. The Morgan fingerprint density at radius 3 is 2.56 bits per heavy atom. The normalized spacial score (nSPS) is 13.6. The molecule has 0 saturated heterocycles. The third-order valence-corrected chi connectivity index (χ3v) is 2.24. The average molecular weight is 223 g/mol. The molecule has 0 radical (unpaired) electrons. The van der Waals surface area contributed by atoms with Gasteiger partial charge in [-0.1, -0.05) is 12.1 Å². The lowest BCUT2D eigenvalue weighted by Crippen LogP contribution is -2.28. The predicted octanol–water partition coefficient (Wildman–Crippen LogP) is 2.16. The van der Waals surface area contributed by atoms with Crippen molar-refractivity contribution in [1.82, 2.24) is 0 Å². The number of ether oxygens (including phenoxy) is 1. The zero-order valence-electron chi connectivity index (χ0n) is 10.4. The van der Waals surface area contributed by atoms with Gasteiger partial charge in [0.25, 0.3) is 0 Å². The fourth-order valence-corrected chi connectivity index (χ4v) is 1.40. The average Bonchev–Trinajstić information content (AvgIpc) is 2.13. The summed E-state index contributed by atoms with van der Waals surface area (Å²) < 4.78 is 5.61. The Morgan fingerprint density at radius 2 is 2.06 bits per heavy atom. The molecule has 0 saturated carbocycles. The molecule has 0 fully saturated rings. The summed E-state index contributed by atoms with van der Waals surface area (Å²) in [5.74, 6) is 0.761. The van der Waals surface area contributed by atoms with E-state index >= 15 is 0 Å². The van der Waals surface area contributed by atoms with Crippen molar-refractivity contribution < 1.29 is 9.84 Å². The van der Waals surface area contributed by atoms with Gasteiger partial charge >= 0.3 is 0 Å². The molecule has 16 heavy (non-hydrogen) atoms. The van der Waals surface area contributed by atoms with Gasteiger partial charge in [-0.15, -0.1) is 0 Å². The second kappa shape index (κ2) is 4.85. The van der Waals surface area contributed by atoms with Crippen LogP contribution in [0.3, 0.4) is 0 Å². The molecule has 3 nitrogen and oxygen atoms in total. The molecule has 90 valence electrons. The predicted molar refractivity (Wildman–Crippen MR) is 65.6 cm³/mol. The summed E-state index contributed by atoms with van der Waals surface area (Å²) in [6.07, 6.45) is 0. The van der Waals surface area contributed by atoms with E-state index in [1.54, 1.807) is 13.8 Å². The quantitative estimate of drug-likeness (QED) is 0.822. The summed E-state index contributed by atoms with van der Waals surface area (Å²) in [6, 6.07) is 5.86. The maximum absolute atomic E-state index is 9.62. The summed E-state index contributed by atoms with van der Waals surface area (Å²) in [5, 5.41) is 9.62. The third-order valence-electron chi connectivity index (χ3n) is 2.24. The first-order chi connectivity index (χ1) is 7.29. The standard InChI is InChI=1S/C13H21NO2/c1-9-5-6-11(10(2)14)12(7-9)16-8-13(3,4)15/h5-7,10,15H,8,14H2,1-4H3/t10-/m0/s1. The van der Waals surface area contributed by atoms with Crippen LogP contribution in [0.25, 0.3) is 0 Å². The fraction of sp³-hybridized carbons (Fsp3) is 0.538. The molecular formula is C13H21NO2. The summed E-state index contributed by atoms with van der Waals surface area (Å²) in [4.78, 5) is 0. The van der Waals surface area contributed by atoms with Gasteiger partial charge in [-0.3, -0.25) is 0 Å². The van der Waals surface area contributed by atoms with Gasteiger partial charge in [0.05, 0.1) is 5.60 Å². The van der Waals surface area contributed by atoms with E-state index in [0.29, 0.717) is 0 Å². The van der Waals surface area contributed by atoms with Crippen molar-refractivity contribution in [2.45, 2.75) is 39.3 Å². The topological polar surface area (TPSA) is 55.5 Å². The van der Waals surface area contributed by atoms with Crippen LogP contribution < -0.4 is 10.5 Å². The Labute approximate surface area is 97.2 Å². The Bertz CT molecular complexity index is 353. The van der Waals surface area contributed by atoms with Gasteiger partial charge in [-0.05, 0) is 39.3 Å². The number of rotatable bonds is 4. The first-order valence-electron chi connectivity index (χ1n) is 5.51. The number of nitrogens with two attached hydrogens (primary N) is 1. The first-order valence-corrected chi connectivity index (χ1v) is 5.51. The van der Waals surface area contributed by atoms with Gasteiger partial charge in [0, 0.05) is 11.6 Å². The van der Waals surface area contributed by atoms with Crippen LogP contribution in [-0.4, -0.2) is 17.3 Å². The summed E-state index contributed by atoms with van der Waals surface area (Å²) >= 11 is 0. The van der Waals surface area contributed by atoms with Crippen molar-refractivity contribution in [3.05, 3.63) is 29.3 Å². The molecule has 1 atom stereocenters. The molecule has 1 rings (SSSR count). The number of hydrogen-bond acceptors (Lipinski definition) is 3. The van der Waals surface area contributed by atoms with Crippen molar-refractivity contribution in [3.63, 3.8) is 0 Å². The van der Waals surface area contributed by atoms with E-state index in [1.807, 2.05) is 32.0 Å². The maximum Gasteiger partial charge on any atom is 0.124 e. The van der Waals surface area contributed by atoms with Crippen LogP contribution >= 0.6 is 0 Å². The van der Waals surface area contributed by atoms with E-state index < -0.39 is 5.60 Å². The largest absolute Gasteiger partial charge is 0.490 e. The van der Waals surface area contributed by atoms with Crippen molar-refractivity contribution in [2.24, 2.45) is 5.73 Å². The lowest BCUT2D eigenvalue weighted by Gasteiger charge is -2.20. The molecule has 1 aromatic rings. The van der Waals surface area contributed by atoms with E-state index in [9.17, 15) is 5.11 Å². The van der Waals surface area contributed by atoms with Crippen molar-refractivity contribution in [2.75, 3.05) is 6.61 Å². The molecule has 3 heteroatoms. The highest BCUT2D eigenvalue weighted by atomic mass is 16.5. The Morgan fingerprint density at radius 1 is 1.44 bits per heavy atom. The molecular weight excluding hydrogens is 202 g/mol. The van der Waals surface area contributed by atoms with Gasteiger partial charge in [0.1, 0.15) is 12.4 Å². The van der Waals surface area contributed by atoms with Crippen LogP contribution in [0.15, 0.2) is 18.2 Å². The van der Waals surface area contributed by atoms with Gasteiger partial charge in [-0.2, -0.15) is 0 Å². The number of benzene rings is 1. The number of aliphatic hydroxyl groups is 1. The van der Waals surface area contributed by atoms with E-state index in [4.69, 9.17) is 10.5 Å². The number of aryl methyl sites for hydroxylation is 1. The van der Waals surface area contributed by atoms with Crippen LogP contribution in [0.1, 0.15) is 37.9 Å². The van der Waals surface area contributed by atoms with Crippen LogP contribution in [0, 0.1) is 6.92 Å². The van der Waals surface area contributed by atoms with Crippen LogP contribution in [-0.2, 0) is 0 Å². The van der Waals surface area contributed by atoms with Gasteiger partial charge in [-0.25, -0.2) is 0 Å². The third kappa shape index (κ3) is 3.83. The SMILES string of the molecule is Cc1ccc([C@H](C)N)c(OCC(C)(C)O)c1. The second-order valence-electron chi connectivity index (χ2n) is 4.93. The molecule has 0 aromatic heterocycles. The molecule has 0 spiro atoms. The van der Waals surface area contributed by atoms with Gasteiger partial charge < -0.3 is 15.6 Å². The van der Waals surface area contributed by atoms with Gasteiger partial charge in [0.2, 0.25) is 0 Å². The lowest BCUT2D eigenvalue weighted by molar-refractivity contribution is 0.0280. The van der Waals surface area contributed by atoms with E-state index in [1.165, 1.54) is 0 Å². The molecule has 0 amide bonds. The van der Waals surface area contributed by atoms with E-state index in [-0.39, 0.29) is 12.6 Å². The highest BCUT2D eigenvalue weighted by Crippen LogP contribution is 2.25. The van der Waals surface area contributed by atoms with Crippen LogP contribution in [0.5, 0.6) is 5.75 Å². The van der Waals surface area contributed by atoms with Crippen molar-refractivity contribution >= 4 is 0 Å². The molecule has 3 N–H and O–H groups in total. The first kappa shape index (κ1) is 13.0. The van der Waals surface area contributed by atoms with E-state index in [0.717, 1.165) is 16.9 Å². The molecule has 0 aliphatic rings. The van der Waals surface area contributed by atoms with Crippen LogP contribution in [0.2, 0.25) is 0 Å². The second-order valence-corrected chi connectivity index (χ2v) is 4.93. The number of hydrogen-bond donors (Lipinski definition) is 2. The van der Waals surface area contributed by atoms with Crippen molar-refractivity contribution in [1.29, 1.82) is 0 Å². The van der Waals surface area contributed by atoms with E-state index in [2.05, 4.69) is 0 Å². The molecule has 0 aliphatic heterocycles. The fourth-order valence-electron chi connectivity index (χ4n) is 1.40. The summed E-state index contributed by atoms with van der Waals surface area (Å²) in [6.45, 7) is 7.61. The minimum absolute atomic E-state index is 0.0718. The summed E-state index contributed by atoms with van der Waals surface area (Å²) in [7, 11) is 0. The Kier molecular flexibility index (Phi) is 3.94. The zero-order chi connectivity index (χ0) is 12.3. The van der Waals surface area contributed by atoms with Crippen LogP contribution in [0.4, 0.5) is 0 Å². The highest BCUT2D eigenvalue weighted by Gasteiger charge is 2.15. The molecule has 0 heterocycles. The Balaban J connectivity index is 2.88. The molecule has 0 unspecified atom stereocenters. The minimum atomic E-state index is -0.834. The Hall–Kier alpha value is -1.06. The zero-order valence-corrected chi connectivity index (χ0v) is 10.4. The lowest BCUT2D eigenvalue weighted by atomic mass is 10.1. The maximum atomic E-state index is 9.62. The molecule has 1 aromatic carbocycles. The highest BCUT2D eigenvalue weighted by molar-refractivity contribution is 5.38.